The topological polar surface area (TPSA) is 67.6 Å². The van der Waals surface area contributed by atoms with Crippen molar-refractivity contribution in [3.05, 3.63) is 35.9 Å². The summed E-state index contributed by atoms with van der Waals surface area (Å²) >= 11 is 0. The zero-order valence-electron chi connectivity index (χ0n) is 15.4. The number of hydrogen-bond acceptors (Lipinski definition) is 4. The molecule has 1 amide bonds. The van der Waals surface area contributed by atoms with Crippen LogP contribution in [0.5, 0.6) is 0 Å². The van der Waals surface area contributed by atoms with Crippen LogP contribution in [0.15, 0.2) is 30.3 Å². The second kappa shape index (κ2) is 10.5. The smallest absolute Gasteiger partial charge is 0.223 e. The molecule has 0 radical (unpaired) electrons. The molecule has 3 N–H and O–H groups in total. The molecule has 1 saturated carbocycles. The predicted octanol–water partition coefficient (Wildman–Crippen LogP) is 2.36. The Hall–Kier alpha value is -0.850. The first-order chi connectivity index (χ1) is 11.6. The quantitative estimate of drug-likeness (QED) is 0.732. The van der Waals surface area contributed by atoms with Crippen LogP contribution in [0.2, 0.25) is 0 Å². The lowest BCUT2D eigenvalue weighted by Gasteiger charge is -2.34. The van der Waals surface area contributed by atoms with Gasteiger partial charge in [0.25, 0.3) is 0 Å². The highest BCUT2D eigenvalue weighted by Crippen LogP contribution is 2.39. The van der Waals surface area contributed by atoms with E-state index in [4.69, 9.17) is 10.5 Å². The number of ether oxygens (including phenoxy) is 1. The maximum absolute atomic E-state index is 12.4. The van der Waals surface area contributed by atoms with E-state index in [2.05, 4.69) is 41.4 Å². The molecule has 1 saturated heterocycles. The second-order valence-corrected chi connectivity index (χ2v) is 7.36. The van der Waals surface area contributed by atoms with Crippen LogP contribution in [-0.4, -0.2) is 48.7 Å². The van der Waals surface area contributed by atoms with Crippen LogP contribution < -0.4 is 11.1 Å². The van der Waals surface area contributed by atoms with Gasteiger partial charge in [-0.3, -0.25) is 9.69 Å². The molecule has 0 spiro atoms. The van der Waals surface area contributed by atoms with Crippen LogP contribution in [0.4, 0.5) is 0 Å². The van der Waals surface area contributed by atoms with Gasteiger partial charge < -0.3 is 15.8 Å². The number of nitrogens with two attached hydrogens (primary N) is 1. The first-order valence-corrected chi connectivity index (χ1v) is 8.98. The van der Waals surface area contributed by atoms with Gasteiger partial charge in [-0.25, -0.2) is 0 Å². The average Bonchev–Trinajstić information content (AvgIpc) is 3.41. The number of rotatable bonds is 7. The number of amides is 1. The van der Waals surface area contributed by atoms with Crippen LogP contribution in [0.1, 0.15) is 31.7 Å². The minimum atomic E-state index is -0.254. The van der Waals surface area contributed by atoms with Crippen molar-refractivity contribution in [1.82, 2.24) is 10.2 Å². The van der Waals surface area contributed by atoms with E-state index in [-0.39, 0.29) is 42.4 Å². The van der Waals surface area contributed by atoms with E-state index in [1.165, 1.54) is 18.4 Å². The summed E-state index contributed by atoms with van der Waals surface area (Å²) < 4.78 is 5.81. The molecule has 1 aromatic carbocycles. The average molecular weight is 404 g/mol. The molecule has 7 heteroatoms. The highest BCUT2D eigenvalue weighted by Gasteiger charge is 2.41. The standard InChI is InChI=1S/C19H29N3O2.2ClH/c1-19(14-20,16-7-8-16)21-18(23)11-17-13-22(9-10-24-17)12-15-5-3-2-4-6-15;;/h2-6,16-17H,7-14,20H2,1H3,(H,21,23);2*1H. The van der Waals surface area contributed by atoms with Gasteiger partial charge in [0.2, 0.25) is 5.91 Å². The molecule has 0 bridgehead atoms. The lowest BCUT2D eigenvalue weighted by Crippen LogP contribution is -2.54. The van der Waals surface area contributed by atoms with Gasteiger partial charge in [-0.2, -0.15) is 0 Å². The van der Waals surface area contributed by atoms with Gasteiger partial charge in [0.1, 0.15) is 0 Å². The van der Waals surface area contributed by atoms with E-state index >= 15 is 0 Å². The van der Waals surface area contributed by atoms with Crippen LogP contribution in [-0.2, 0) is 16.1 Å². The van der Waals surface area contributed by atoms with E-state index in [1.807, 2.05) is 6.07 Å². The zero-order chi connectivity index (χ0) is 17.0. The van der Waals surface area contributed by atoms with E-state index in [9.17, 15) is 4.79 Å². The number of nitrogens with one attached hydrogen (secondary N) is 1. The van der Waals surface area contributed by atoms with Crippen molar-refractivity contribution in [2.45, 2.75) is 44.4 Å². The SMILES string of the molecule is CC(CN)(NC(=O)CC1CN(Cc2ccccc2)CCO1)C1CC1.Cl.Cl. The van der Waals surface area contributed by atoms with E-state index in [0.29, 0.717) is 25.5 Å². The van der Waals surface area contributed by atoms with Gasteiger partial charge >= 0.3 is 0 Å². The number of morpholine rings is 1. The molecule has 26 heavy (non-hydrogen) atoms. The maximum atomic E-state index is 12.4. The Balaban J connectivity index is 0.00000169. The van der Waals surface area contributed by atoms with Crippen LogP contribution in [0, 0.1) is 5.92 Å². The summed E-state index contributed by atoms with van der Waals surface area (Å²) in [6, 6.07) is 10.4. The van der Waals surface area contributed by atoms with Crippen molar-refractivity contribution in [1.29, 1.82) is 0 Å². The summed E-state index contributed by atoms with van der Waals surface area (Å²) in [5.74, 6) is 0.592. The Morgan fingerprint density at radius 2 is 2.00 bits per heavy atom. The van der Waals surface area contributed by atoms with Crippen molar-refractivity contribution in [2.24, 2.45) is 11.7 Å². The van der Waals surface area contributed by atoms with E-state index in [1.54, 1.807) is 0 Å². The Morgan fingerprint density at radius 3 is 2.62 bits per heavy atom. The predicted molar refractivity (Wildman–Crippen MR) is 109 cm³/mol. The van der Waals surface area contributed by atoms with Gasteiger partial charge in [-0.1, -0.05) is 30.3 Å². The normalized spacial score (nSPS) is 22.5. The molecule has 0 aromatic heterocycles. The summed E-state index contributed by atoms with van der Waals surface area (Å²) in [6.45, 7) is 5.86. The number of benzene rings is 1. The lowest BCUT2D eigenvalue weighted by atomic mass is 9.95. The van der Waals surface area contributed by atoms with Crippen LogP contribution in [0.25, 0.3) is 0 Å². The molecule has 2 fully saturated rings. The van der Waals surface area contributed by atoms with E-state index < -0.39 is 0 Å². The molecular formula is C19H31Cl2N3O2. The molecule has 2 unspecified atom stereocenters. The summed E-state index contributed by atoms with van der Waals surface area (Å²) in [6.07, 6.45) is 2.70. The van der Waals surface area contributed by atoms with Crippen molar-refractivity contribution >= 4 is 30.7 Å². The molecule has 2 atom stereocenters. The molecule has 2 aliphatic rings. The molecule has 5 nitrogen and oxygen atoms in total. The molecule has 1 aliphatic carbocycles. The summed E-state index contributed by atoms with van der Waals surface area (Å²) in [4.78, 5) is 14.8. The van der Waals surface area contributed by atoms with Crippen molar-refractivity contribution < 1.29 is 9.53 Å². The second-order valence-electron chi connectivity index (χ2n) is 7.36. The first kappa shape index (κ1) is 23.2. The summed E-state index contributed by atoms with van der Waals surface area (Å²) in [7, 11) is 0. The number of carbonyl (C=O) groups is 1. The molecule has 1 aromatic rings. The van der Waals surface area contributed by atoms with Gasteiger partial charge in [0.05, 0.1) is 24.7 Å². The molecule has 3 rings (SSSR count). The summed E-state index contributed by atoms with van der Waals surface area (Å²) in [5.41, 5.74) is 6.93. The first-order valence-electron chi connectivity index (χ1n) is 8.98. The Morgan fingerprint density at radius 1 is 1.31 bits per heavy atom. The fraction of sp³-hybridized carbons (Fsp3) is 0.632. The lowest BCUT2D eigenvalue weighted by molar-refractivity contribution is -0.128. The van der Waals surface area contributed by atoms with Gasteiger partial charge in [0.15, 0.2) is 0 Å². The van der Waals surface area contributed by atoms with E-state index in [0.717, 1.165) is 19.6 Å². The fourth-order valence-electron chi connectivity index (χ4n) is 3.51. The molecule has 1 heterocycles. The van der Waals surface area contributed by atoms with Crippen molar-refractivity contribution in [3.63, 3.8) is 0 Å². The van der Waals surface area contributed by atoms with Gasteiger partial charge in [0, 0.05) is 26.2 Å². The van der Waals surface area contributed by atoms with Gasteiger partial charge in [-0.15, -0.1) is 24.8 Å². The molecular weight excluding hydrogens is 373 g/mol. The van der Waals surface area contributed by atoms with Crippen molar-refractivity contribution in [3.8, 4) is 0 Å². The highest BCUT2D eigenvalue weighted by atomic mass is 35.5. The van der Waals surface area contributed by atoms with Crippen LogP contribution >= 0.6 is 24.8 Å². The summed E-state index contributed by atoms with van der Waals surface area (Å²) in [5, 5.41) is 3.15. The van der Waals surface area contributed by atoms with Gasteiger partial charge in [-0.05, 0) is 31.2 Å². The fourth-order valence-corrected chi connectivity index (χ4v) is 3.51. The Labute approximate surface area is 168 Å². The third kappa shape index (κ3) is 6.39. The Bertz CT molecular complexity index is 557. The number of hydrogen-bond donors (Lipinski definition) is 2. The molecule has 1 aliphatic heterocycles. The monoisotopic (exact) mass is 403 g/mol. The maximum Gasteiger partial charge on any atom is 0.223 e. The Kier molecular flexibility index (Phi) is 9.34. The third-order valence-corrected chi connectivity index (χ3v) is 5.21. The third-order valence-electron chi connectivity index (χ3n) is 5.21. The van der Waals surface area contributed by atoms with Crippen molar-refractivity contribution in [2.75, 3.05) is 26.2 Å². The van der Waals surface area contributed by atoms with Crippen LogP contribution in [0.3, 0.4) is 0 Å². The number of carbonyl (C=O) groups excluding carboxylic acids is 1. The number of halogens is 2. The minimum Gasteiger partial charge on any atom is -0.375 e. The highest BCUT2D eigenvalue weighted by molar-refractivity contribution is 5.85. The number of nitrogens with zero attached hydrogens (tertiary/aromatic N) is 1. The largest absolute Gasteiger partial charge is 0.375 e. The zero-order valence-corrected chi connectivity index (χ0v) is 17.0. The molecule has 148 valence electrons. The minimum absolute atomic E-state index is 0.